The molecule has 2 aliphatic rings. The van der Waals surface area contributed by atoms with E-state index in [-0.39, 0.29) is 17.5 Å². The number of Topliss-reactive ketones (excluding diaryl/α,β-unsaturated/α-hetero) is 1. The maximum absolute atomic E-state index is 11.8. The van der Waals surface area contributed by atoms with Crippen molar-refractivity contribution in [1.29, 1.82) is 0 Å². The molecule has 3 rings (SSSR count). The Morgan fingerprint density at radius 2 is 2.07 bits per heavy atom. The molecule has 0 aliphatic heterocycles. The topological polar surface area (TPSA) is 37.3 Å². The zero-order chi connectivity index (χ0) is 10.4. The van der Waals surface area contributed by atoms with Gasteiger partial charge in [-0.05, 0) is 29.2 Å². The summed E-state index contributed by atoms with van der Waals surface area (Å²) in [4.78, 5) is 11.8. The number of carbonyl (C=O) groups excluding carboxylic acids is 1. The van der Waals surface area contributed by atoms with Crippen molar-refractivity contribution in [3.8, 4) is 0 Å². The molecule has 0 fully saturated rings. The highest BCUT2D eigenvalue weighted by Gasteiger charge is 2.31. The van der Waals surface area contributed by atoms with Gasteiger partial charge in [0.05, 0.1) is 5.92 Å². The van der Waals surface area contributed by atoms with E-state index in [0.717, 1.165) is 16.7 Å². The Balaban J connectivity index is 2.33. The predicted octanol–water partition coefficient (Wildman–Crippen LogP) is 2.67. The van der Waals surface area contributed by atoms with Crippen molar-refractivity contribution in [3.63, 3.8) is 0 Å². The summed E-state index contributed by atoms with van der Waals surface area (Å²) in [6.07, 6.45) is 6.30. The minimum absolute atomic E-state index is 0.111. The van der Waals surface area contributed by atoms with Gasteiger partial charge in [0.15, 0.2) is 5.76 Å². The van der Waals surface area contributed by atoms with Gasteiger partial charge in [-0.2, -0.15) is 0 Å². The van der Waals surface area contributed by atoms with Crippen LogP contribution in [-0.2, 0) is 4.79 Å². The lowest BCUT2D eigenvalue weighted by molar-refractivity contribution is -0.119. The van der Waals surface area contributed by atoms with E-state index >= 15 is 0 Å². The molecule has 0 spiro atoms. The second kappa shape index (κ2) is 2.83. The number of aliphatic hydroxyl groups is 1. The van der Waals surface area contributed by atoms with Gasteiger partial charge in [-0.15, -0.1) is 0 Å². The predicted molar refractivity (Wildman–Crippen MR) is 58.4 cm³/mol. The van der Waals surface area contributed by atoms with Crippen LogP contribution in [0, 0.1) is 0 Å². The fourth-order valence-corrected chi connectivity index (χ4v) is 2.36. The van der Waals surface area contributed by atoms with Crippen LogP contribution in [0.4, 0.5) is 0 Å². The number of aliphatic hydroxyl groups excluding tert-OH is 1. The van der Waals surface area contributed by atoms with Crippen LogP contribution in [-0.4, -0.2) is 10.9 Å². The zero-order valence-electron chi connectivity index (χ0n) is 8.10. The Morgan fingerprint density at radius 3 is 2.93 bits per heavy atom. The number of rotatable bonds is 0. The van der Waals surface area contributed by atoms with E-state index in [2.05, 4.69) is 0 Å². The fraction of sp³-hybridized carbons (Fsp3) is 0.154. The average Bonchev–Trinajstić information content (AvgIpc) is 2.26. The second-order valence-corrected chi connectivity index (χ2v) is 3.93. The Bertz CT molecular complexity index is 509. The molecule has 1 atom stereocenters. The van der Waals surface area contributed by atoms with Crippen molar-refractivity contribution >= 4 is 17.9 Å². The van der Waals surface area contributed by atoms with Gasteiger partial charge in [-0.25, -0.2) is 0 Å². The molecule has 15 heavy (non-hydrogen) atoms. The lowest BCUT2D eigenvalue weighted by atomic mass is 9.78. The van der Waals surface area contributed by atoms with Gasteiger partial charge >= 0.3 is 0 Å². The number of benzene rings is 1. The minimum atomic E-state index is -0.175. The highest BCUT2D eigenvalue weighted by molar-refractivity contribution is 6.06. The van der Waals surface area contributed by atoms with E-state index in [4.69, 9.17) is 0 Å². The van der Waals surface area contributed by atoms with Crippen LogP contribution in [0.5, 0.6) is 0 Å². The van der Waals surface area contributed by atoms with Crippen molar-refractivity contribution in [3.05, 3.63) is 46.7 Å². The van der Waals surface area contributed by atoms with E-state index in [9.17, 15) is 9.90 Å². The quantitative estimate of drug-likeness (QED) is 0.695. The third kappa shape index (κ3) is 1.08. The molecule has 74 valence electrons. The van der Waals surface area contributed by atoms with Crippen LogP contribution >= 0.6 is 0 Å². The molecule has 1 N–H and O–H groups in total. The van der Waals surface area contributed by atoms with E-state index in [0.29, 0.717) is 6.42 Å². The summed E-state index contributed by atoms with van der Waals surface area (Å²) in [6, 6.07) is 5.89. The molecule has 0 radical (unpaired) electrons. The first-order valence-corrected chi connectivity index (χ1v) is 5.01. The molecule has 0 aromatic heterocycles. The standard InChI is InChI=1S/C13H10O2/c14-11-7-9-5-1-3-8-4-2-6-10(12(8)9)13(11)15/h1-5,7,10,14H,6H2. The van der Waals surface area contributed by atoms with Crippen LogP contribution in [0.3, 0.4) is 0 Å². The maximum atomic E-state index is 11.8. The molecular weight excluding hydrogens is 188 g/mol. The van der Waals surface area contributed by atoms with E-state index in [1.807, 2.05) is 30.4 Å². The molecule has 2 nitrogen and oxygen atoms in total. The lowest BCUT2D eigenvalue weighted by Crippen LogP contribution is -2.21. The zero-order valence-corrected chi connectivity index (χ0v) is 8.10. The summed E-state index contributed by atoms with van der Waals surface area (Å²) in [5.74, 6) is -0.439. The Kier molecular flexibility index (Phi) is 1.60. The monoisotopic (exact) mass is 198 g/mol. The summed E-state index contributed by atoms with van der Waals surface area (Å²) in [6.45, 7) is 0. The molecule has 1 aromatic rings. The number of ketones is 1. The van der Waals surface area contributed by atoms with Crippen LogP contribution in [0.2, 0.25) is 0 Å². The molecular formula is C13H10O2. The third-order valence-corrected chi connectivity index (χ3v) is 3.05. The van der Waals surface area contributed by atoms with Crippen LogP contribution in [0.1, 0.15) is 29.0 Å². The molecule has 2 aliphatic carbocycles. The summed E-state index contributed by atoms with van der Waals surface area (Å²) in [5, 5.41) is 9.53. The van der Waals surface area contributed by atoms with Gasteiger partial charge in [0, 0.05) is 0 Å². The first kappa shape index (κ1) is 8.48. The van der Waals surface area contributed by atoms with Crippen LogP contribution < -0.4 is 0 Å². The number of allylic oxidation sites excluding steroid dienone is 2. The van der Waals surface area contributed by atoms with Gasteiger partial charge in [0.2, 0.25) is 5.78 Å². The van der Waals surface area contributed by atoms with Gasteiger partial charge in [0.1, 0.15) is 0 Å². The summed E-state index contributed by atoms with van der Waals surface area (Å²) in [5.41, 5.74) is 3.14. The summed E-state index contributed by atoms with van der Waals surface area (Å²) in [7, 11) is 0. The average molecular weight is 198 g/mol. The van der Waals surface area contributed by atoms with Crippen molar-refractivity contribution in [1.82, 2.24) is 0 Å². The molecule has 0 saturated carbocycles. The van der Waals surface area contributed by atoms with E-state index < -0.39 is 0 Å². The third-order valence-electron chi connectivity index (χ3n) is 3.05. The Labute approximate surface area is 87.6 Å². The van der Waals surface area contributed by atoms with Gasteiger partial charge in [-0.3, -0.25) is 4.79 Å². The van der Waals surface area contributed by atoms with E-state index in [1.54, 1.807) is 6.08 Å². The first-order chi connectivity index (χ1) is 7.27. The highest BCUT2D eigenvalue weighted by atomic mass is 16.3. The summed E-state index contributed by atoms with van der Waals surface area (Å²) >= 11 is 0. The Hall–Kier alpha value is -1.83. The molecule has 0 bridgehead atoms. The second-order valence-electron chi connectivity index (χ2n) is 3.93. The number of hydrogen-bond acceptors (Lipinski definition) is 2. The van der Waals surface area contributed by atoms with Crippen molar-refractivity contribution in [2.45, 2.75) is 12.3 Å². The van der Waals surface area contributed by atoms with Crippen LogP contribution in [0.25, 0.3) is 12.2 Å². The number of hydrogen-bond donors (Lipinski definition) is 1. The largest absolute Gasteiger partial charge is 0.504 e. The normalized spacial score (nSPS) is 22.3. The van der Waals surface area contributed by atoms with Crippen molar-refractivity contribution in [2.24, 2.45) is 0 Å². The first-order valence-electron chi connectivity index (χ1n) is 5.01. The number of carbonyl (C=O) groups is 1. The van der Waals surface area contributed by atoms with E-state index in [1.165, 1.54) is 0 Å². The van der Waals surface area contributed by atoms with Gasteiger partial charge in [0.25, 0.3) is 0 Å². The fourth-order valence-electron chi connectivity index (χ4n) is 2.36. The van der Waals surface area contributed by atoms with Crippen LogP contribution in [0.15, 0.2) is 30.0 Å². The van der Waals surface area contributed by atoms with Crippen molar-refractivity contribution in [2.75, 3.05) is 0 Å². The smallest absolute Gasteiger partial charge is 0.204 e. The highest BCUT2D eigenvalue weighted by Crippen LogP contribution is 2.38. The Morgan fingerprint density at radius 1 is 1.27 bits per heavy atom. The molecule has 0 amide bonds. The molecule has 1 aromatic carbocycles. The SMILES string of the molecule is O=C1C(O)=Cc2cccc3c2C1CC=C3. The summed E-state index contributed by atoms with van der Waals surface area (Å²) < 4.78 is 0. The van der Waals surface area contributed by atoms with Gasteiger partial charge in [-0.1, -0.05) is 30.4 Å². The maximum Gasteiger partial charge on any atom is 0.204 e. The van der Waals surface area contributed by atoms with Crippen molar-refractivity contribution < 1.29 is 9.90 Å². The molecule has 0 saturated heterocycles. The molecule has 1 unspecified atom stereocenters. The lowest BCUT2D eigenvalue weighted by Gasteiger charge is -2.25. The molecule has 0 heterocycles. The molecule has 2 heteroatoms. The van der Waals surface area contributed by atoms with Gasteiger partial charge < -0.3 is 5.11 Å². The minimum Gasteiger partial charge on any atom is -0.504 e.